The first-order valence-corrected chi connectivity index (χ1v) is 6.95. The van der Waals surface area contributed by atoms with Gasteiger partial charge in [-0.15, -0.1) is 11.3 Å². The smallest absolute Gasteiger partial charge is 0.0590 e. The molecule has 1 nitrogen and oxygen atoms in total. The van der Waals surface area contributed by atoms with Gasteiger partial charge in [0.25, 0.3) is 0 Å². The maximum atomic E-state index is 3.59. The molecule has 0 saturated heterocycles. The summed E-state index contributed by atoms with van der Waals surface area (Å²) < 4.78 is 0. The molecule has 0 spiro atoms. The minimum atomic E-state index is 0.326. The van der Waals surface area contributed by atoms with Crippen LogP contribution in [-0.2, 0) is 0 Å². The number of thiophene rings is 1. The second kappa shape index (κ2) is 5.48. The van der Waals surface area contributed by atoms with Gasteiger partial charge in [-0.3, -0.25) is 0 Å². The average molecular weight is 245 g/mol. The molecule has 1 aromatic heterocycles. The molecule has 0 bridgehead atoms. The van der Waals surface area contributed by atoms with Crippen molar-refractivity contribution in [3.8, 4) is 0 Å². The Bertz CT molecular complexity index is 487. The lowest BCUT2D eigenvalue weighted by atomic mass is 9.95. The molecule has 0 aliphatic rings. The van der Waals surface area contributed by atoms with Crippen molar-refractivity contribution in [2.24, 2.45) is 0 Å². The third kappa shape index (κ3) is 2.59. The molecule has 0 radical (unpaired) electrons. The van der Waals surface area contributed by atoms with E-state index in [9.17, 15) is 0 Å². The van der Waals surface area contributed by atoms with Gasteiger partial charge >= 0.3 is 0 Å². The highest BCUT2D eigenvalue weighted by Crippen LogP contribution is 2.29. The highest BCUT2D eigenvalue weighted by molar-refractivity contribution is 7.10. The first-order valence-electron chi connectivity index (χ1n) is 6.07. The van der Waals surface area contributed by atoms with E-state index in [2.05, 4.69) is 61.8 Å². The molecule has 90 valence electrons. The van der Waals surface area contributed by atoms with E-state index in [4.69, 9.17) is 0 Å². The Morgan fingerprint density at radius 3 is 2.47 bits per heavy atom. The Labute approximate surface area is 108 Å². The van der Waals surface area contributed by atoms with E-state index in [1.807, 2.05) is 11.3 Å². The minimum absolute atomic E-state index is 0.326. The zero-order valence-corrected chi connectivity index (χ0v) is 11.5. The zero-order valence-electron chi connectivity index (χ0n) is 10.7. The van der Waals surface area contributed by atoms with Crippen molar-refractivity contribution < 1.29 is 0 Å². The number of hydrogen-bond acceptors (Lipinski definition) is 2. The van der Waals surface area contributed by atoms with Crippen LogP contribution in [0.4, 0.5) is 0 Å². The first kappa shape index (κ1) is 12.3. The normalized spacial score (nSPS) is 12.6. The molecule has 0 aliphatic carbocycles. The molecule has 2 heteroatoms. The fourth-order valence-electron chi connectivity index (χ4n) is 2.20. The van der Waals surface area contributed by atoms with Crippen molar-refractivity contribution >= 4 is 11.3 Å². The van der Waals surface area contributed by atoms with Crippen molar-refractivity contribution in [1.82, 2.24) is 5.32 Å². The van der Waals surface area contributed by atoms with Crippen LogP contribution in [0.25, 0.3) is 0 Å². The third-order valence-electron chi connectivity index (χ3n) is 3.12. The monoisotopic (exact) mass is 245 g/mol. The number of nitrogens with one attached hydrogen (secondary N) is 1. The van der Waals surface area contributed by atoms with Gasteiger partial charge in [0.05, 0.1) is 6.04 Å². The van der Waals surface area contributed by atoms with Crippen LogP contribution in [0.1, 0.15) is 34.5 Å². The molecule has 0 aliphatic heterocycles. The summed E-state index contributed by atoms with van der Waals surface area (Å²) >= 11 is 1.82. The van der Waals surface area contributed by atoms with Crippen molar-refractivity contribution in [3.63, 3.8) is 0 Å². The Kier molecular flexibility index (Phi) is 3.97. The average Bonchev–Trinajstić information content (AvgIpc) is 2.74. The summed E-state index contributed by atoms with van der Waals surface area (Å²) in [5, 5.41) is 5.76. The van der Waals surface area contributed by atoms with E-state index in [1.165, 1.54) is 21.6 Å². The van der Waals surface area contributed by atoms with Crippen molar-refractivity contribution in [1.29, 1.82) is 0 Å². The fourth-order valence-corrected chi connectivity index (χ4v) is 2.94. The van der Waals surface area contributed by atoms with Crippen LogP contribution in [0.3, 0.4) is 0 Å². The fraction of sp³-hybridized carbons (Fsp3) is 0.333. The predicted molar refractivity (Wildman–Crippen MR) is 75.8 cm³/mol. The van der Waals surface area contributed by atoms with E-state index < -0.39 is 0 Å². The second-order valence-corrected chi connectivity index (χ2v) is 5.40. The number of benzene rings is 1. The van der Waals surface area contributed by atoms with Crippen LogP contribution >= 0.6 is 11.3 Å². The molecule has 0 fully saturated rings. The summed E-state index contributed by atoms with van der Waals surface area (Å²) in [6, 6.07) is 11.2. The van der Waals surface area contributed by atoms with Gasteiger partial charge in [0, 0.05) is 4.88 Å². The van der Waals surface area contributed by atoms with Gasteiger partial charge in [-0.05, 0) is 48.5 Å². The van der Waals surface area contributed by atoms with E-state index in [0.29, 0.717) is 6.04 Å². The summed E-state index contributed by atoms with van der Waals surface area (Å²) in [4.78, 5) is 1.40. The van der Waals surface area contributed by atoms with E-state index in [0.717, 1.165) is 6.54 Å². The summed E-state index contributed by atoms with van der Waals surface area (Å²) in [6.45, 7) is 7.52. The summed E-state index contributed by atoms with van der Waals surface area (Å²) in [5.41, 5.74) is 4.14. The molecule has 1 unspecified atom stereocenters. The number of hydrogen-bond donors (Lipinski definition) is 1. The molecular weight excluding hydrogens is 226 g/mol. The van der Waals surface area contributed by atoms with Gasteiger partial charge in [-0.1, -0.05) is 31.2 Å². The molecule has 1 heterocycles. The summed E-state index contributed by atoms with van der Waals surface area (Å²) in [6.07, 6.45) is 0. The van der Waals surface area contributed by atoms with Crippen LogP contribution in [0.5, 0.6) is 0 Å². The predicted octanol–water partition coefficient (Wildman–Crippen LogP) is 4.06. The van der Waals surface area contributed by atoms with Crippen LogP contribution in [0.15, 0.2) is 35.7 Å². The van der Waals surface area contributed by atoms with E-state index in [1.54, 1.807) is 0 Å². The minimum Gasteiger partial charge on any atom is -0.306 e. The van der Waals surface area contributed by atoms with Gasteiger partial charge in [0.2, 0.25) is 0 Å². The third-order valence-corrected chi connectivity index (χ3v) is 3.98. The van der Waals surface area contributed by atoms with Gasteiger partial charge in [-0.25, -0.2) is 0 Å². The molecule has 17 heavy (non-hydrogen) atoms. The molecule has 2 aromatic rings. The Morgan fingerprint density at radius 1 is 1.12 bits per heavy atom. The summed E-state index contributed by atoms with van der Waals surface area (Å²) in [5.74, 6) is 0. The largest absolute Gasteiger partial charge is 0.306 e. The van der Waals surface area contributed by atoms with E-state index >= 15 is 0 Å². The Balaban J connectivity index is 2.43. The molecule has 1 aromatic carbocycles. The maximum Gasteiger partial charge on any atom is 0.0590 e. The quantitative estimate of drug-likeness (QED) is 0.856. The van der Waals surface area contributed by atoms with Gasteiger partial charge in [-0.2, -0.15) is 0 Å². The van der Waals surface area contributed by atoms with E-state index in [-0.39, 0.29) is 0 Å². The van der Waals surface area contributed by atoms with Crippen LogP contribution < -0.4 is 5.32 Å². The first-order chi connectivity index (χ1) is 8.24. The second-order valence-electron chi connectivity index (χ2n) is 4.28. The Morgan fingerprint density at radius 2 is 1.88 bits per heavy atom. The van der Waals surface area contributed by atoms with Crippen molar-refractivity contribution in [2.75, 3.05) is 6.54 Å². The molecule has 0 saturated carbocycles. The van der Waals surface area contributed by atoms with Crippen molar-refractivity contribution in [3.05, 3.63) is 57.3 Å². The molecule has 1 N–H and O–H groups in total. The van der Waals surface area contributed by atoms with Gasteiger partial charge in [0.1, 0.15) is 0 Å². The number of aryl methyl sites for hydroxylation is 2. The lowest BCUT2D eigenvalue weighted by Gasteiger charge is -2.20. The zero-order chi connectivity index (χ0) is 12.3. The van der Waals surface area contributed by atoms with Gasteiger partial charge in [0.15, 0.2) is 0 Å². The Hall–Kier alpha value is -1.12. The highest BCUT2D eigenvalue weighted by atomic mass is 32.1. The molecular formula is C15H19NS. The SMILES string of the molecule is CCNC(c1ccccc1C)c1ccsc1C. The highest BCUT2D eigenvalue weighted by Gasteiger charge is 2.17. The topological polar surface area (TPSA) is 12.0 Å². The van der Waals surface area contributed by atoms with Crippen LogP contribution in [0, 0.1) is 13.8 Å². The lowest BCUT2D eigenvalue weighted by molar-refractivity contribution is 0.627. The van der Waals surface area contributed by atoms with Crippen LogP contribution in [0.2, 0.25) is 0 Å². The molecule has 1 atom stereocenters. The lowest BCUT2D eigenvalue weighted by Crippen LogP contribution is -2.22. The molecule has 0 amide bonds. The molecule has 2 rings (SSSR count). The standard InChI is InChI=1S/C15H19NS/c1-4-16-15(14-9-10-17-12(14)3)13-8-6-5-7-11(13)2/h5-10,15-16H,4H2,1-3H3. The van der Waals surface area contributed by atoms with Crippen molar-refractivity contribution in [2.45, 2.75) is 26.8 Å². The van der Waals surface area contributed by atoms with Crippen LogP contribution in [-0.4, -0.2) is 6.54 Å². The maximum absolute atomic E-state index is 3.59. The van der Waals surface area contributed by atoms with Gasteiger partial charge < -0.3 is 5.32 Å². The number of rotatable bonds is 4. The summed E-state index contributed by atoms with van der Waals surface area (Å²) in [7, 11) is 0.